The molecule has 3 aromatic heterocycles. The van der Waals surface area contributed by atoms with Crippen LogP contribution in [0.1, 0.15) is 37.0 Å². The van der Waals surface area contributed by atoms with E-state index in [2.05, 4.69) is 26.7 Å². The summed E-state index contributed by atoms with van der Waals surface area (Å²) in [6, 6.07) is 1.87. The summed E-state index contributed by atoms with van der Waals surface area (Å²) in [4.78, 5) is 38.1. The number of methoxy groups -OCH3 is 1. The number of fused-ring (bicyclic) bond motifs is 1. The number of nitrogens with zero attached hydrogens (tertiary/aromatic N) is 6. The molecule has 0 radical (unpaired) electrons. The van der Waals surface area contributed by atoms with Crippen LogP contribution in [0.15, 0.2) is 15.7 Å². The van der Waals surface area contributed by atoms with Crippen molar-refractivity contribution in [3.63, 3.8) is 0 Å². The van der Waals surface area contributed by atoms with E-state index >= 15 is 0 Å². The number of piperidine rings is 1. The molecule has 0 saturated carbocycles. The SMILES string of the molecule is CC#CCn1c(N2CCCC(N)C2)c(OC)c2c1c(=O)n(Cc1nc(C)cc(C)n1)c(=O)n2C. The number of aromatic nitrogens is 5. The number of nitrogens with two attached hydrogens (primary N) is 1. The molecule has 10 heteroatoms. The number of ether oxygens (including phenoxy) is 1. The van der Waals surface area contributed by atoms with E-state index in [-0.39, 0.29) is 19.1 Å². The second-order valence-corrected chi connectivity index (χ2v) is 8.72. The maximum Gasteiger partial charge on any atom is 0.331 e. The van der Waals surface area contributed by atoms with Crippen LogP contribution in [0.2, 0.25) is 0 Å². The lowest BCUT2D eigenvalue weighted by Gasteiger charge is -2.33. The van der Waals surface area contributed by atoms with Crippen molar-refractivity contribution in [2.45, 2.75) is 52.7 Å². The van der Waals surface area contributed by atoms with E-state index in [4.69, 9.17) is 10.5 Å². The summed E-state index contributed by atoms with van der Waals surface area (Å²) in [7, 11) is 3.20. The molecule has 4 heterocycles. The van der Waals surface area contributed by atoms with Crippen LogP contribution in [0.3, 0.4) is 0 Å². The van der Waals surface area contributed by atoms with Crippen LogP contribution < -0.4 is 26.6 Å². The van der Waals surface area contributed by atoms with Crippen molar-refractivity contribution < 1.29 is 4.74 Å². The molecule has 3 aromatic rings. The number of rotatable bonds is 5. The number of hydrogen-bond donors (Lipinski definition) is 1. The van der Waals surface area contributed by atoms with Crippen molar-refractivity contribution in [2.24, 2.45) is 12.8 Å². The number of hydrogen-bond acceptors (Lipinski definition) is 7. The molecule has 1 saturated heterocycles. The van der Waals surface area contributed by atoms with E-state index in [1.54, 1.807) is 21.1 Å². The van der Waals surface area contributed by atoms with Crippen LogP contribution in [0.25, 0.3) is 11.0 Å². The average Bonchev–Trinajstić information content (AvgIpc) is 3.12. The van der Waals surface area contributed by atoms with Gasteiger partial charge in [0.2, 0.25) is 0 Å². The molecule has 1 aliphatic heterocycles. The highest BCUT2D eigenvalue weighted by molar-refractivity contribution is 5.90. The molecule has 2 N–H and O–H groups in total. The van der Waals surface area contributed by atoms with Gasteiger partial charge >= 0.3 is 5.69 Å². The lowest BCUT2D eigenvalue weighted by molar-refractivity contribution is 0.411. The Balaban J connectivity index is 2.02. The predicted octanol–water partition coefficient (Wildman–Crippen LogP) is 0.916. The fourth-order valence-electron chi connectivity index (χ4n) is 4.76. The molecule has 0 amide bonds. The Kier molecular flexibility index (Phi) is 6.48. The van der Waals surface area contributed by atoms with Gasteiger partial charge in [-0.25, -0.2) is 14.8 Å². The normalized spacial score (nSPS) is 15.9. The summed E-state index contributed by atoms with van der Waals surface area (Å²) < 4.78 is 10.3. The third-order valence-corrected chi connectivity index (χ3v) is 6.17. The molecule has 180 valence electrons. The van der Waals surface area contributed by atoms with Gasteiger partial charge in [0, 0.05) is 37.6 Å². The minimum Gasteiger partial charge on any atom is -0.491 e. The van der Waals surface area contributed by atoms with Crippen LogP contribution >= 0.6 is 0 Å². The first kappa shape index (κ1) is 23.6. The second kappa shape index (κ2) is 9.35. The first-order valence-electron chi connectivity index (χ1n) is 11.4. The third kappa shape index (κ3) is 4.07. The van der Waals surface area contributed by atoms with E-state index in [9.17, 15) is 9.59 Å². The van der Waals surface area contributed by atoms with Crippen molar-refractivity contribution in [1.29, 1.82) is 0 Å². The largest absolute Gasteiger partial charge is 0.491 e. The predicted molar refractivity (Wildman–Crippen MR) is 131 cm³/mol. The second-order valence-electron chi connectivity index (χ2n) is 8.72. The number of anilines is 1. The van der Waals surface area contributed by atoms with Crippen molar-refractivity contribution in [3.8, 4) is 17.6 Å². The van der Waals surface area contributed by atoms with Crippen molar-refractivity contribution in [3.05, 3.63) is 44.1 Å². The van der Waals surface area contributed by atoms with Crippen LogP contribution in [0.5, 0.6) is 5.75 Å². The molecule has 0 spiro atoms. The van der Waals surface area contributed by atoms with Crippen molar-refractivity contribution >= 4 is 16.9 Å². The Labute approximate surface area is 198 Å². The zero-order valence-corrected chi connectivity index (χ0v) is 20.4. The van der Waals surface area contributed by atoms with Gasteiger partial charge in [-0.15, -0.1) is 5.92 Å². The molecule has 1 fully saturated rings. The Morgan fingerprint density at radius 1 is 1.18 bits per heavy atom. The maximum atomic E-state index is 13.8. The maximum absolute atomic E-state index is 13.8. The van der Waals surface area contributed by atoms with Crippen LogP contribution in [-0.4, -0.2) is 49.9 Å². The van der Waals surface area contributed by atoms with Gasteiger partial charge in [0.1, 0.15) is 16.9 Å². The minimum atomic E-state index is -0.459. The smallest absolute Gasteiger partial charge is 0.331 e. The zero-order chi connectivity index (χ0) is 24.6. The molecular formula is C24H31N7O3. The first-order chi connectivity index (χ1) is 16.3. The van der Waals surface area contributed by atoms with Crippen molar-refractivity contribution in [1.82, 2.24) is 23.7 Å². The Bertz CT molecular complexity index is 1400. The van der Waals surface area contributed by atoms with Gasteiger partial charge in [-0.1, -0.05) is 5.92 Å². The van der Waals surface area contributed by atoms with Crippen LogP contribution in [-0.2, 0) is 20.1 Å². The molecule has 1 unspecified atom stereocenters. The summed E-state index contributed by atoms with van der Waals surface area (Å²) in [6.07, 6.45) is 1.87. The van der Waals surface area contributed by atoms with E-state index < -0.39 is 11.2 Å². The van der Waals surface area contributed by atoms with Gasteiger partial charge in [0.15, 0.2) is 11.6 Å². The van der Waals surface area contributed by atoms with Gasteiger partial charge in [-0.3, -0.25) is 13.9 Å². The standard InChI is InChI=1S/C24H31N7O3/c1-6-7-11-30-20-19(21(34-5)22(30)29-10-8-9-17(25)13-29)28(4)24(33)31(23(20)32)14-18-26-15(2)12-16(3)27-18/h12,17H,8-11,13-14,25H2,1-5H3. The summed E-state index contributed by atoms with van der Waals surface area (Å²) in [5.41, 5.74) is 7.74. The first-order valence-corrected chi connectivity index (χ1v) is 11.4. The highest BCUT2D eigenvalue weighted by Gasteiger charge is 2.30. The monoisotopic (exact) mass is 465 g/mol. The molecular weight excluding hydrogens is 434 g/mol. The van der Waals surface area contributed by atoms with Crippen molar-refractivity contribution in [2.75, 3.05) is 25.1 Å². The lowest BCUT2D eigenvalue weighted by atomic mass is 10.1. The summed E-state index contributed by atoms with van der Waals surface area (Å²) in [5, 5.41) is 0. The molecule has 0 aromatic carbocycles. The summed E-state index contributed by atoms with van der Waals surface area (Å²) in [6.45, 7) is 7.13. The molecule has 34 heavy (non-hydrogen) atoms. The quantitative estimate of drug-likeness (QED) is 0.558. The Hall–Kier alpha value is -3.58. The zero-order valence-electron chi connectivity index (χ0n) is 20.4. The van der Waals surface area contributed by atoms with Crippen LogP contribution in [0, 0.1) is 25.7 Å². The van der Waals surface area contributed by atoms with Gasteiger partial charge in [0.25, 0.3) is 5.56 Å². The third-order valence-electron chi connectivity index (χ3n) is 6.17. The molecule has 4 rings (SSSR count). The summed E-state index contributed by atoms with van der Waals surface area (Å²) >= 11 is 0. The topological polar surface area (TPSA) is 113 Å². The highest BCUT2D eigenvalue weighted by Crippen LogP contribution is 2.38. The fraction of sp³-hybridized carbons (Fsp3) is 0.500. The molecule has 0 aliphatic carbocycles. The Morgan fingerprint density at radius 3 is 2.50 bits per heavy atom. The minimum absolute atomic E-state index is 0.0179. The average molecular weight is 466 g/mol. The van der Waals surface area contributed by atoms with Gasteiger partial charge in [0.05, 0.1) is 20.2 Å². The van der Waals surface area contributed by atoms with Gasteiger partial charge < -0.3 is 19.9 Å². The van der Waals surface area contributed by atoms with E-state index in [0.29, 0.717) is 29.2 Å². The molecule has 1 atom stereocenters. The summed E-state index contributed by atoms with van der Waals surface area (Å²) in [5.74, 6) is 7.60. The fourth-order valence-corrected chi connectivity index (χ4v) is 4.76. The van der Waals surface area contributed by atoms with Gasteiger partial charge in [-0.2, -0.15) is 0 Å². The lowest BCUT2D eigenvalue weighted by Crippen LogP contribution is -2.44. The molecule has 1 aliphatic rings. The molecule has 10 nitrogen and oxygen atoms in total. The highest BCUT2D eigenvalue weighted by atomic mass is 16.5. The number of aryl methyl sites for hydroxylation is 3. The van der Waals surface area contributed by atoms with Crippen LogP contribution in [0.4, 0.5) is 5.82 Å². The van der Waals surface area contributed by atoms with Gasteiger partial charge in [-0.05, 0) is 39.7 Å². The molecule has 0 bridgehead atoms. The van der Waals surface area contributed by atoms with E-state index in [1.807, 2.05) is 24.5 Å². The van der Waals surface area contributed by atoms with E-state index in [0.717, 1.165) is 36.6 Å². The Morgan fingerprint density at radius 2 is 1.88 bits per heavy atom. The van der Waals surface area contributed by atoms with E-state index in [1.165, 1.54) is 9.13 Å².